The van der Waals surface area contributed by atoms with Gasteiger partial charge < -0.3 is 5.11 Å². The lowest BCUT2D eigenvalue weighted by molar-refractivity contribution is 0.125. The molecule has 3 rings (SSSR count). The smallest absolute Gasteiger partial charge is 0.146 e. The molecule has 0 spiro atoms. The van der Waals surface area contributed by atoms with Crippen LogP contribution in [0.3, 0.4) is 0 Å². The van der Waals surface area contributed by atoms with Crippen molar-refractivity contribution in [2.24, 2.45) is 0 Å². The Kier molecular flexibility index (Phi) is 4.12. The van der Waals surface area contributed by atoms with Gasteiger partial charge in [-0.2, -0.15) is 0 Å². The largest absolute Gasteiger partial charge is 0.376 e. The number of rotatable bonds is 3. The Labute approximate surface area is 138 Å². The van der Waals surface area contributed by atoms with Gasteiger partial charge in [0.2, 0.25) is 0 Å². The molecule has 0 bridgehead atoms. The first-order chi connectivity index (χ1) is 10.6. The predicted molar refractivity (Wildman–Crippen MR) is 87.0 cm³/mol. The molecule has 110 valence electrons. The van der Waals surface area contributed by atoms with Crippen molar-refractivity contribution in [1.29, 1.82) is 0 Å². The average Bonchev–Trinajstić information content (AvgIpc) is 2.56. The zero-order chi connectivity index (χ0) is 15.6. The summed E-state index contributed by atoms with van der Waals surface area (Å²) in [5, 5.41) is 12.4. The molecule has 0 amide bonds. The van der Waals surface area contributed by atoms with Crippen LogP contribution >= 0.6 is 23.2 Å². The molecule has 5 heteroatoms. The van der Waals surface area contributed by atoms with Gasteiger partial charge in [-0.3, -0.25) is 0 Å². The van der Waals surface area contributed by atoms with Crippen LogP contribution in [0.4, 0.5) is 0 Å². The van der Waals surface area contributed by atoms with Crippen LogP contribution < -0.4 is 0 Å². The predicted octanol–water partition coefficient (Wildman–Crippen LogP) is 4.07. The van der Waals surface area contributed by atoms with E-state index in [-0.39, 0.29) is 0 Å². The first kappa shape index (κ1) is 15.0. The summed E-state index contributed by atoms with van der Waals surface area (Å²) in [6.45, 7) is 0. The first-order valence-corrected chi connectivity index (χ1v) is 7.37. The third-order valence-electron chi connectivity index (χ3n) is 3.51. The van der Waals surface area contributed by atoms with Crippen LogP contribution in [0, 0.1) is 0 Å². The summed E-state index contributed by atoms with van der Waals surface area (Å²) in [5.74, 6) is 0. The van der Waals surface area contributed by atoms with E-state index in [0.717, 1.165) is 0 Å². The normalized spacial score (nSPS) is 11.4. The zero-order valence-electron chi connectivity index (χ0n) is 11.4. The van der Waals surface area contributed by atoms with Crippen LogP contribution in [-0.4, -0.2) is 15.1 Å². The molecule has 0 radical (unpaired) electrons. The van der Waals surface area contributed by atoms with Gasteiger partial charge in [-0.25, -0.2) is 9.97 Å². The Balaban J connectivity index is 2.33. The second-order valence-corrected chi connectivity index (χ2v) is 5.61. The second kappa shape index (κ2) is 6.05. The van der Waals surface area contributed by atoms with Crippen LogP contribution in [0.5, 0.6) is 0 Å². The van der Waals surface area contributed by atoms with E-state index in [1.807, 2.05) is 12.1 Å². The Morgan fingerprint density at radius 1 is 0.773 bits per heavy atom. The first-order valence-electron chi connectivity index (χ1n) is 6.62. The van der Waals surface area contributed by atoms with Gasteiger partial charge in [-0.15, -0.1) is 0 Å². The summed E-state index contributed by atoms with van der Waals surface area (Å²) < 4.78 is 0. The Hall–Kier alpha value is -1.94. The molecule has 0 atom stereocenters. The summed E-state index contributed by atoms with van der Waals surface area (Å²) >= 11 is 12.6. The molecule has 0 aliphatic rings. The van der Waals surface area contributed by atoms with Crippen LogP contribution in [0.15, 0.2) is 67.3 Å². The van der Waals surface area contributed by atoms with Crippen LogP contribution in [0.25, 0.3) is 0 Å². The van der Waals surface area contributed by atoms with E-state index < -0.39 is 5.60 Å². The maximum atomic E-state index is 11.5. The molecule has 0 aliphatic carbocycles. The van der Waals surface area contributed by atoms with Gasteiger partial charge in [0.1, 0.15) is 11.9 Å². The standard InChI is InChI=1S/C17H12Cl2N2O/c18-15-7-3-1-5-13(15)17(22,12-9-20-11-21-10-12)14-6-2-4-8-16(14)19/h1-11,22H. The van der Waals surface area contributed by atoms with Gasteiger partial charge in [0, 0.05) is 39.1 Å². The SMILES string of the molecule is OC(c1cncnc1)(c1ccccc1Cl)c1ccccc1Cl. The van der Waals surface area contributed by atoms with Crippen LogP contribution in [0.2, 0.25) is 10.0 Å². The highest BCUT2D eigenvalue weighted by Crippen LogP contribution is 2.41. The molecule has 0 unspecified atom stereocenters. The van der Waals surface area contributed by atoms with Crippen molar-refractivity contribution in [1.82, 2.24) is 9.97 Å². The monoisotopic (exact) mass is 330 g/mol. The van der Waals surface area contributed by atoms with Crippen LogP contribution in [-0.2, 0) is 5.60 Å². The molecular weight excluding hydrogens is 319 g/mol. The number of aromatic nitrogens is 2. The van der Waals surface area contributed by atoms with Gasteiger partial charge in [-0.1, -0.05) is 59.6 Å². The van der Waals surface area contributed by atoms with E-state index in [4.69, 9.17) is 23.2 Å². The third-order valence-corrected chi connectivity index (χ3v) is 4.16. The van der Waals surface area contributed by atoms with Crippen molar-refractivity contribution in [3.8, 4) is 0 Å². The van der Waals surface area contributed by atoms with E-state index in [0.29, 0.717) is 26.7 Å². The Bertz CT molecular complexity index is 748. The van der Waals surface area contributed by atoms with Gasteiger partial charge >= 0.3 is 0 Å². The van der Waals surface area contributed by atoms with E-state index in [9.17, 15) is 5.11 Å². The number of aliphatic hydroxyl groups is 1. The molecule has 0 saturated carbocycles. The van der Waals surface area contributed by atoms with Crippen molar-refractivity contribution in [3.05, 3.63) is 94.0 Å². The third kappa shape index (κ3) is 2.48. The van der Waals surface area contributed by atoms with E-state index in [2.05, 4.69) is 9.97 Å². The minimum Gasteiger partial charge on any atom is -0.376 e. The summed E-state index contributed by atoms with van der Waals surface area (Å²) in [4.78, 5) is 8.01. The van der Waals surface area contributed by atoms with Crippen molar-refractivity contribution in [3.63, 3.8) is 0 Å². The quantitative estimate of drug-likeness (QED) is 0.787. The Morgan fingerprint density at radius 2 is 1.23 bits per heavy atom. The summed E-state index contributed by atoms with van der Waals surface area (Å²) in [5.41, 5.74) is 0.0214. The summed E-state index contributed by atoms with van der Waals surface area (Å²) in [7, 11) is 0. The van der Waals surface area contributed by atoms with Gasteiger partial charge in [0.05, 0.1) is 0 Å². The fourth-order valence-corrected chi connectivity index (χ4v) is 3.00. The zero-order valence-corrected chi connectivity index (χ0v) is 13.0. The average molecular weight is 331 g/mol. The molecule has 1 aromatic heterocycles. The highest BCUT2D eigenvalue weighted by atomic mass is 35.5. The molecule has 0 aliphatic heterocycles. The molecular formula is C17H12Cl2N2O. The molecule has 1 heterocycles. The fourth-order valence-electron chi connectivity index (χ4n) is 2.45. The number of nitrogens with zero attached hydrogens (tertiary/aromatic N) is 2. The van der Waals surface area contributed by atoms with Gasteiger partial charge in [0.25, 0.3) is 0 Å². The topological polar surface area (TPSA) is 46.0 Å². The van der Waals surface area contributed by atoms with Crippen molar-refractivity contribution in [2.45, 2.75) is 5.60 Å². The number of hydrogen-bond donors (Lipinski definition) is 1. The molecule has 22 heavy (non-hydrogen) atoms. The number of halogens is 2. The molecule has 0 fully saturated rings. The van der Waals surface area contributed by atoms with E-state index >= 15 is 0 Å². The summed E-state index contributed by atoms with van der Waals surface area (Å²) in [6, 6.07) is 14.2. The second-order valence-electron chi connectivity index (χ2n) is 4.80. The van der Waals surface area contributed by atoms with Crippen molar-refractivity contribution in [2.75, 3.05) is 0 Å². The molecule has 0 saturated heterocycles. The minimum atomic E-state index is -1.53. The maximum absolute atomic E-state index is 11.5. The number of benzene rings is 2. The lowest BCUT2D eigenvalue weighted by Gasteiger charge is -2.30. The minimum absolute atomic E-state index is 0.439. The molecule has 1 N–H and O–H groups in total. The molecule has 3 aromatic rings. The maximum Gasteiger partial charge on any atom is 0.146 e. The Morgan fingerprint density at radius 3 is 1.68 bits per heavy atom. The van der Waals surface area contributed by atoms with E-state index in [1.165, 1.54) is 6.33 Å². The molecule has 3 nitrogen and oxygen atoms in total. The van der Waals surface area contributed by atoms with Crippen molar-refractivity contribution >= 4 is 23.2 Å². The van der Waals surface area contributed by atoms with Crippen LogP contribution in [0.1, 0.15) is 16.7 Å². The highest BCUT2D eigenvalue weighted by molar-refractivity contribution is 6.32. The molecule has 2 aromatic carbocycles. The van der Waals surface area contributed by atoms with Crippen molar-refractivity contribution < 1.29 is 5.11 Å². The highest BCUT2D eigenvalue weighted by Gasteiger charge is 2.37. The summed E-state index contributed by atoms with van der Waals surface area (Å²) in [6.07, 6.45) is 4.52. The van der Waals surface area contributed by atoms with Gasteiger partial charge in [0.15, 0.2) is 0 Å². The van der Waals surface area contributed by atoms with Gasteiger partial charge in [-0.05, 0) is 12.1 Å². The lowest BCUT2D eigenvalue weighted by Crippen LogP contribution is -2.30. The lowest BCUT2D eigenvalue weighted by atomic mass is 9.81. The van der Waals surface area contributed by atoms with E-state index in [1.54, 1.807) is 48.8 Å². The number of hydrogen-bond acceptors (Lipinski definition) is 3. The fraction of sp³-hybridized carbons (Fsp3) is 0.0588.